The Labute approximate surface area is 160 Å². The number of aryl methyl sites for hydroxylation is 1. The van der Waals surface area contributed by atoms with Crippen LogP contribution in [0.3, 0.4) is 0 Å². The second kappa shape index (κ2) is 7.92. The van der Waals surface area contributed by atoms with Crippen molar-refractivity contribution in [2.24, 2.45) is 0 Å². The summed E-state index contributed by atoms with van der Waals surface area (Å²) >= 11 is 1.16. The minimum Gasteiger partial charge on any atom is -0.323 e. The molecule has 1 amide bonds. The van der Waals surface area contributed by atoms with Gasteiger partial charge in [0.1, 0.15) is 5.82 Å². The molecule has 1 heterocycles. The van der Waals surface area contributed by atoms with E-state index in [1.54, 1.807) is 35.8 Å². The second-order valence-corrected chi connectivity index (χ2v) is 7.44. The summed E-state index contributed by atoms with van der Waals surface area (Å²) < 4.78 is 15.5. The number of nitrogens with one attached hydrogen (secondary N) is 1. The fraction of sp³-hybridized carbons (Fsp3) is 0.250. The third-order valence-electron chi connectivity index (χ3n) is 4.02. The van der Waals surface area contributed by atoms with Crippen molar-refractivity contribution < 1.29 is 9.18 Å². The van der Waals surface area contributed by atoms with E-state index in [1.165, 1.54) is 12.1 Å². The van der Waals surface area contributed by atoms with Crippen molar-refractivity contribution in [1.29, 1.82) is 0 Å². The molecule has 0 aliphatic heterocycles. The predicted octanol–water partition coefficient (Wildman–Crippen LogP) is 4.16. The van der Waals surface area contributed by atoms with E-state index in [4.69, 9.17) is 0 Å². The first-order valence-electron chi connectivity index (χ1n) is 8.57. The quantitative estimate of drug-likeness (QED) is 0.529. The summed E-state index contributed by atoms with van der Waals surface area (Å²) in [6, 6.07) is 11.7. The van der Waals surface area contributed by atoms with Gasteiger partial charge >= 0.3 is 0 Å². The number of thioether (sulfide) groups is 1. The molecule has 0 radical (unpaired) electrons. The molecular formula is C20H20FN3O2S. The van der Waals surface area contributed by atoms with Gasteiger partial charge in [-0.2, -0.15) is 0 Å². The van der Waals surface area contributed by atoms with Gasteiger partial charge in [-0.3, -0.25) is 14.2 Å². The number of carbonyl (C=O) groups is 1. The Morgan fingerprint density at radius 3 is 2.70 bits per heavy atom. The maximum Gasteiger partial charge on any atom is 0.262 e. The summed E-state index contributed by atoms with van der Waals surface area (Å²) in [6.45, 7) is 5.56. The summed E-state index contributed by atoms with van der Waals surface area (Å²) in [6.07, 6.45) is 0. The van der Waals surface area contributed by atoms with Gasteiger partial charge in [0.25, 0.3) is 5.56 Å². The lowest BCUT2D eigenvalue weighted by Crippen LogP contribution is -2.25. The lowest BCUT2D eigenvalue weighted by atomic mass is 10.2. The van der Waals surface area contributed by atoms with Crippen LogP contribution in [0.5, 0.6) is 0 Å². The Balaban J connectivity index is 1.82. The fourth-order valence-corrected chi connectivity index (χ4v) is 3.65. The molecule has 0 aliphatic rings. The number of nitrogens with zero attached hydrogens (tertiary/aromatic N) is 2. The Morgan fingerprint density at radius 1 is 1.26 bits per heavy atom. The highest BCUT2D eigenvalue weighted by Gasteiger charge is 2.15. The molecule has 5 nitrogen and oxygen atoms in total. The molecule has 0 saturated carbocycles. The first-order chi connectivity index (χ1) is 12.9. The highest BCUT2D eigenvalue weighted by Crippen LogP contribution is 2.22. The molecule has 0 aliphatic carbocycles. The van der Waals surface area contributed by atoms with Crippen LogP contribution in [0.25, 0.3) is 10.9 Å². The number of hydrogen-bond acceptors (Lipinski definition) is 4. The summed E-state index contributed by atoms with van der Waals surface area (Å²) in [4.78, 5) is 29.5. The lowest BCUT2D eigenvalue weighted by Gasteiger charge is -2.16. The normalized spacial score (nSPS) is 11.1. The van der Waals surface area contributed by atoms with Crippen LogP contribution in [0.2, 0.25) is 0 Å². The van der Waals surface area contributed by atoms with Gasteiger partial charge in [-0.05, 0) is 50.6 Å². The number of amides is 1. The maximum atomic E-state index is 13.9. The zero-order valence-electron chi connectivity index (χ0n) is 15.3. The third-order valence-corrected chi connectivity index (χ3v) is 4.98. The van der Waals surface area contributed by atoms with Crippen LogP contribution in [0, 0.1) is 12.7 Å². The molecule has 0 unspecified atom stereocenters. The van der Waals surface area contributed by atoms with E-state index in [0.29, 0.717) is 16.1 Å². The molecule has 0 bridgehead atoms. The molecule has 27 heavy (non-hydrogen) atoms. The van der Waals surface area contributed by atoms with Crippen molar-refractivity contribution in [2.75, 3.05) is 11.1 Å². The first kappa shape index (κ1) is 19.1. The number of halogens is 1. The second-order valence-electron chi connectivity index (χ2n) is 6.50. The Hall–Kier alpha value is -2.67. The standard InChI is InChI=1S/C20H20FN3O2S/c1-12(2)24-19(26)14-6-4-5-7-16(14)23-20(24)27-11-18(25)22-17-9-8-13(3)10-15(17)21/h4-10,12H,11H2,1-3H3,(H,22,25). The van der Waals surface area contributed by atoms with Crippen molar-refractivity contribution >= 4 is 34.3 Å². The van der Waals surface area contributed by atoms with Crippen molar-refractivity contribution in [1.82, 2.24) is 9.55 Å². The zero-order valence-corrected chi connectivity index (χ0v) is 16.1. The molecule has 7 heteroatoms. The molecule has 3 aromatic rings. The van der Waals surface area contributed by atoms with Gasteiger partial charge in [-0.1, -0.05) is 30.0 Å². The van der Waals surface area contributed by atoms with Gasteiger partial charge in [0.15, 0.2) is 5.16 Å². The summed E-state index contributed by atoms with van der Waals surface area (Å²) in [5.41, 5.74) is 1.37. The van der Waals surface area contributed by atoms with E-state index in [9.17, 15) is 14.0 Å². The minimum absolute atomic E-state index is 0.0187. The van der Waals surface area contributed by atoms with Crippen LogP contribution >= 0.6 is 11.8 Å². The van der Waals surface area contributed by atoms with Crippen LogP contribution in [-0.4, -0.2) is 21.2 Å². The fourth-order valence-electron chi connectivity index (χ4n) is 2.72. The molecule has 0 saturated heterocycles. The van der Waals surface area contributed by atoms with Crippen LogP contribution in [0.1, 0.15) is 25.5 Å². The van der Waals surface area contributed by atoms with E-state index >= 15 is 0 Å². The monoisotopic (exact) mass is 385 g/mol. The van der Waals surface area contributed by atoms with Gasteiger partial charge in [-0.15, -0.1) is 0 Å². The first-order valence-corrected chi connectivity index (χ1v) is 9.55. The average Bonchev–Trinajstić information content (AvgIpc) is 2.62. The lowest BCUT2D eigenvalue weighted by molar-refractivity contribution is -0.113. The largest absolute Gasteiger partial charge is 0.323 e. The number of aromatic nitrogens is 2. The molecule has 140 valence electrons. The van der Waals surface area contributed by atoms with Crippen LogP contribution in [0.15, 0.2) is 52.4 Å². The van der Waals surface area contributed by atoms with E-state index < -0.39 is 5.82 Å². The Bertz CT molecular complexity index is 1060. The Morgan fingerprint density at radius 2 is 2.00 bits per heavy atom. The highest BCUT2D eigenvalue weighted by molar-refractivity contribution is 7.99. The van der Waals surface area contributed by atoms with Crippen LogP contribution in [0.4, 0.5) is 10.1 Å². The van der Waals surface area contributed by atoms with E-state index in [0.717, 1.165) is 17.3 Å². The number of benzene rings is 2. The molecule has 2 aromatic carbocycles. The molecule has 0 spiro atoms. The number of fused-ring (bicyclic) bond motifs is 1. The highest BCUT2D eigenvalue weighted by atomic mass is 32.2. The van der Waals surface area contributed by atoms with E-state index in [1.807, 2.05) is 19.9 Å². The van der Waals surface area contributed by atoms with E-state index in [2.05, 4.69) is 10.3 Å². The zero-order chi connectivity index (χ0) is 19.6. The van der Waals surface area contributed by atoms with Crippen LogP contribution < -0.4 is 10.9 Å². The Kier molecular flexibility index (Phi) is 5.60. The SMILES string of the molecule is Cc1ccc(NC(=O)CSc2nc3ccccc3c(=O)n2C(C)C)c(F)c1. The topological polar surface area (TPSA) is 64.0 Å². The van der Waals surface area contributed by atoms with Crippen molar-refractivity contribution in [3.8, 4) is 0 Å². The maximum absolute atomic E-state index is 13.9. The molecule has 0 atom stereocenters. The molecule has 3 rings (SSSR count). The number of rotatable bonds is 5. The average molecular weight is 385 g/mol. The van der Waals surface area contributed by atoms with E-state index in [-0.39, 0.29) is 28.9 Å². The number of carbonyl (C=O) groups excluding carboxylic acids is 1. The number of para-hydroxylation sites is 1. The molecule has 0 fully saturated rings. The molecule has 1 aromatic heterocycles. The number of hydrogen-bond donors (Lipinski definition) is 1. The molecular weight excluding hydrogens is 365 g/mol. The van der Waals surface area contributed by atoms with Crippen molar-refractivity contribution in [3.05, 3.63) is 64.2 Å². The van der Waals surface area contributed by atoms with Gasteiger partial charge in [0, 0.05) is 6.04 Å². The summed E-state index contributed by atoms with van der Waals surface area (Å²) in [5, 5.41) is 3.57. The van der Waals surface area contributed by atoms with Crippen molar-refractivity contribution in [2.45, 2.75) is 32.0 Å². The predicted molar refractivity (Wildman–Crippen MR) is 107 cm³/mol. The van der Waals surface area contributed by atoms with Gasteiger partial charge < -0.3 is 5.32 Å². The van der Waals surface area contributed by atoms with Gasteiger partial charge in [0.2, 0.25) is 5.91 Å². The minimum atomic E-state index is -0.476. The smallest absolute Gasteiger partial charge is 0.262 e. The van der Waals surface area contributed by atoms with Crippen LogP contribution in [-0.2, 0) is 4.79 Å². The summed E-state index contributed by atoms with van der Waals surface area (Å²) in [7, 11) is 0. The number of anilines is 1. The third kappa shape index (κ3) is 4.19. The molecule has 1 N–H and O–H groups in total. The van der Waals surface area contributed by atoms with Gasteiger partial charge in [-0.25, -0.2) is 9.37 Å². The van der Waals surface area contributed by atoms with Crippen molar-refractivity contribution in [3.63, 3.8) is 0 Å². The van der Waals surface area contributed by atoms with Gasteiger partial charge in [0.05, 0.1) is 22.3 Å². The summed E-state index contributed by atoms with van der Waals surface area (Å²) in [5.74, 6) is -0.818.